The smallest absolute Gasteiger partial charge is 0.222 e. The van der Waals surface area contributed by atoms with E-state index in [-0.39, 0.29) is 5.60 Å². The van der Waals surface area contributed by atoms with Crippen molar-refractivity contribution >= 4 is 5.95 Å². The van der Waals surface area contributed by atoms with E-state index in [0.717, 1.165) is 44.9 Å². The number of nitrogens with one attached hydrogen (secondary N) is 1. The van der Waals surface area contributed by atoms with Crippen LogP contribution in [0.2, 0.25) is 0 Å². The molecule has 1 spiro atoms. The Balaban J connectivity index is 1.21. The van der Waals surface area contributed by atoms with E-state index in [2.05, 4.69) is 31.3 Å². The summed E-state index contributed by atoms with van der Waals surface area (Å²) in [4.78, 5) is 10.9. The maximum absolute atomic E-state index is 6.26. The van der Waals surface area contributed by atoms with E-state index in [0.29, 0.717) is 11.9 Å². The molecule has 1 N–H and O–H groups in total. The summed E-state index contributed by atoms with van der Waals surface area (Å²) < 4.78 is 8.24. The minimum atomic E-state index is 0.0768. The van der Waals surface area contributed by atoms with Gasteiger partial charge in [0.1, 0.15) is 0 Å². The van der Waals surface area contributed by atoms with Crippen molar-refractivity contribution in [2.75, 3.05) is 31.6 Å². The number of rotatable bonds is 5. The van der Waals surface area contributed by atoms with E-state index in [4.69, 9.17) is 4.74 Å². The SMILES string of the molecule is Cc1cc(CN2CC3(CC[C@@H](CNc4ncccn4)CO3)C2)n(C)n1. The average molecular weight is 342 g/mol. The molecule has 0 radical (unpaired) electrons. The summed E-state index contributed by atoms with van der Waals surface area (Å²) in [7, 11) is 2.02. The van der Waals surface area contributed by atoms with E-state index in [1.807, 2.05) is 24.7 Å². The molecule has 2 aliphatic rings. The van der Waals surface area contributed by atoms with Gasteiger partial charge in [-0.05, 0) is 37.8 Å². The second kappa shape index (κ2) is 6.72. The molecule has 0 bridgehead atoms. The van der Waals surface area contributed by atoms with Gasteiger partial charge in [-0.25, -0.2) is 9.97 Å². The van der Waals surface area contributed by atoms with Gasteiger partial charge >= 0.3 is 0 Å². The molecule has 134 valence electrons. The van der Waals surface area contributed by atoms with Gasteiger partial charge in [-0.1, -0.05) is 0 Å². The molecular weight excluding hydrogens is 316 g/mol. The van der Waals surface area contributed by atoms with Gasteiger partial charge in [0, 0.05) is 45.6 Å². The molecule has 7 heteroatoms. The Hall–Kier alpha value is -1.99. The third kappa shape index (κ3) is 3.67. The average Bonchev–Trinajstić information content (AvgIpc) is 2.91. The van der Waals surface area contributed by atoms with E-state index >= 15 is 0 Å². The van der Waals surface area contributed by atoms with E-state index in [1.54, 1.807) is 12.4 Å². The molecule has 0 aromatic carbocycles. The molecule has 0 saturated carbocycles. The van der Waals surface area contributed by atoms with Gasteiger partial charge in [0.05, 0.1) is 23.6 Å². The van der Waals surface area contributed by atoms with Crippen molar-refractivity contribution < 1.29 is 4.74 Å². The quantitative estimate of drug-likeness (QED) is 0.890. The summed E-state index contributed by atoms with van der Waals surface area (Å²) in [6.07, 6.45) is 5.84. The number of likely N-dealkylation sites (tertiary alicyclic amines) is 1. The third-order valence-corrected chi connectivity index (χ3v) is 5.26. The summed E-state index contributed by atoms with van der Waals surface area (Å²) in [5, 5.41) is 7.73. The highest BCUT2D eigenvalue weighted by molar-refractivity contribution is 5.22. The molecule has 2 aromatic heterocycles. The maximum Gasteiger partial charge on any atom is 0.222 e. The van der Waals surface area contributed by atoms with Gasteiger partial charge in [-0.15, -0.1) is 0 Å². The van der Waals surface area contributed by atoms with Crippen molar-refractivity contribution in [2.24, 2.45) is 13.0 Å². The fourth-order valence-corrected chi connectivity index (χ4v) is 3.88. The van der Waals surface area contributed by atoms with E-state index in [1.165, 1.54) is 12.1 Å². The number of aromatic nitrogens is 4. The lowest BCUT2D eigenvalue weighted by Gasteiger charge is -2.53. The number of ether oxygens (including phenoxy) is 1. The van der Waals surface area contributed by atoms with Crippen molar-refractivity contribution in [1.82, 2.24) is 24.6 Å². The van der Waals surface area contributed by atoms with Crippen molar-refractivity contribution in [2.45, 2.75) is 31.9 Å². The fraction of sp³-hybridized carbons (Fsp3) is 0.611. The number of hydrogen-bond donors (Lipinski definition) is 1. The van der Waals surface area contributed by atoms with Gasteiger partial charge in [-0.3, -0.25) is 9.58 Å². The summed E-state index contributed by atoms with van der Waals surface area (Å²) in [5.41, 5.74) is 2.43. The van der Waals surface area contributed by atoms with Gasteiger partial charge in [0.2, 0.25) is 5.95 Å². The van der Waals surface area contributed by atoms with Crippen LogP contribution < -0.4 is 5.32 Å². The van der Waals surface area contributed by atoms with Crippen LogP contribution in [0.1, 0.15) is 24.2 Å². The monoisotopic (exact) mass is 342 g/mol. The highest BCUT2D eigenvalue weighted by Crippen LogP contribution is 2.36. The lowest BCUT2D eigenvalue weighted by Crippen LogP contribution is -2.64. The summed E-state index contributed by atoms with van der Waals surface area (Å²) >= 11 is 0. The van der Waals surface area contributed by atoms with Gasteiger partial charge < -0.3 is 10.1 Å². The van der Waals surface area contributed by atoms with E-state index < -0.39 is 0 Å². The second-order valence-corrected chi connectivity index (χ2v) is 7.40. The Morgan fingerprint density at radius 1 is 1.32 bits per heavy atom. The van der Waals surface area contributed by atoms with Crippen LogP contribution in [0.15, 0.2) is 24.5 Å². The molecule has 2 fully saturated rings. The van der Waals surface area contributed by atoms with Crippen LogP contribution in [-0.4, -0.2) is 56.5 Å². The molecule has 2 aliphatic heterocycles. The summed E-state index contributed by atoms with van der Waals surface area (Å²) in [5.74, 6) is 1.23. The Labute approximate surface area is 148 Å². The predicted molar refractivity (Wildman–Crippen MR) is 95.2 cm³/mol. The Morgan fingerprint density at radius 3 is 2.76 bits per heavy atom. The van der Waals surface area contributed by atoms with Gasteiger partial charge in [-0.2, -0.15) is 5.10 Å². The molecular formula is C18H26N6O. The summed E-state index contributed by atoms with van der Waals surface area (Å²) in [6, 6.07) is 3.99. The first-order valence-electron chi connectivity index (χ1n) is 8.99. The zero-order valence-corrected chi connectivity index (χ0v) is 15.0. The van der Waals surface area contributed by atoms with Crippen LogP contribution in [-0.2, 0) is 18.3 Å². The zero-order valence-electron chi connectivity index (χ0n) is 15.0. The molecule has 7 nitrogen and oxygen atoms in total. The largest absolute Gasteiger partial charge is 0.372 e. The topological polar surface area (TPSA) is 68.1 Å². The van der Waals surface area contributed by atoms with Crippen LogP contribution in [0.3, 0.4) is 0 Å². The lowest BCUT2D eigenvalue weighted by atomic mass is 9.83. The molecule has 4 rings (SSSR count). The van der Waals surface area contributed by atoms with Crippen LogP contribution in [0.5, 0.6) is 0 Å². The Bertz CT molecular complexity index is 700. The number of hydrogen-bond acceptors (Lipinski definition) is 6. The molecule has 0 unspecified atom stereocenters. The first-order chi connectivity index (χ1) is 12.1. The van der Waals surface area contributed by atoms with Crippen molar-refractivity contribution in [3.63, 3.8) is 0 Å². The Morgan fingerprint density at radius 2 is 2.12 bits per heavy atom. The van der Waals surface area contributed by atoms with E-state index in [9.17, 15) is 0 Å². The van der Waals surface area contributed by atoms with Crippen LogP contribution in [0.25, 0.3) is 0 Å². The molecule has 1 atom stereocenters. The van der Waals surface area contributed by atoms with Gasteiger partial charge in [0.15, 0.2) is 0 Å². The lowest BCUT2D eigenvalue weighted by molar-refractivity contribution is -0.180. The molecule has 2 aromatic rings. The summed E-state index contributed by atoms with van der Waals surface area (Å²) in [6.45, 7) is 6.74. The predicted octanol–water partition coefficient (Wildman–Crippen LogP) is 1.61. The first kappa shape index (κ1) is 16.5. The minimum Gasteiger partial charge on any atom is -0.372 e. The van der Waals surface area contributed by atoms with Crippen molar-refractivity contribution in [1.29, 1.82) is 0 Å². The van der Waals surface area contributed by atoms with Crippen molar-refractivity contribution in [3.05, 3.63) is 35.9 Å². The molecule has 0 aliphatic carbocycles. The number of anilines is 1. The van der Waals surface area contributed by atoms with Crippen molar-refractivity contribution in [3.8, 4) is 0 Å². The zero-order chi connectivity index (χ0) is 17.3. The molecule has 4 heterocycles. The van der Waals surface area contributed by atoms with Crippen LogP contribution in [0.4, 0.5) is 5.95 Å². The normalized spacial score (nSPS) is 22.7. The van der Waals surface area contributed by atoms with Crippen LogP contribution in [0, 0.1) is 12.8 Å². The second-order valence-electron chi connectivity index (χ2n) is 7.40. The first-order valence-corrected chi connectivity index (χ1v) is 8.99. The van der Waals surface area contributed by atoms with Gasteiger partial charge in [0.25, 0.3) is 0 Å². The number of aryl methyl sites for hydroxylation is 2. The highest BCUT2D eigenvalue weighted by Gasteiger charge is 2.46. The molecule has 2 saturated heterocycles. The highest BCUT2D eigenvalue weighted by atomic mass is 16.5. The fourth-order valence-electron chi connectivity index (χ4n) is 3.88. The maximum atomic E-state index is 6.26. The molecule has 25 heavy (non-hydrogen) atoms. The van der Waals surface area contributed by atoms with Crippen LogP contribution >= 0.6 is 0 Å². The Kier molecular flexibility index (Phi) is 4.43. The third-order valence-electron chi connectivity index (χ3n) is 5.26. The molecule has 0 amide bonds. The standard InChI is InChI=1S/C18H26N6O/c1-14-8-16(23(2)22-14)10-24-12-18(13-24)5-4-15(11-25-18)9-21-17-19-6-3-7-20-17/h3,6-8,15H,4-5,9-13H2,1-2H3,(H,19,20,21)/t15-/m0/s1. The number of nitrogens with zero attached hydrogens (tertiary/aromatic N) is 5. The minimum absolute atomic E-state index is 0.0768.